The molecule has 1 aliphatic carbocycles. The average Bonchev–Trinajstić information content (AvgIpc) is 2.67. The lowest BCUT2D eigenvalue weighted by molar-refractivity contribution is 0.198. The average molecular weight is 210 g/mol. The predicted molar refractivity (Wildman–Crippen MR) is 65.3 cm³/mol. The summed E-state index contributed by atoms with van der Waals surface area (Å²) in [5.41, 5.74) is 6.33. The van der Waals surface area contributed by atoms with E-state index >= 15 is 0 Å². The van der Waals surface area contributed by atoms with Gasteiger partial charge in [0.15, 0.2) is 0 Å². The van der Waals surface area contributed by atoms with E-state index < -0.39 is 0 Å². The monoisotopic (exact) mass is 210 g/mol. The van der Waals surface area contributed by atoms with Gasteiger partial charge in [0.25, 0.3) is 0 Å². The van der Waals surface area contributed by atoms with Crippen LogP contribution in [0.4, 0.5) is 0 Å². The highest BCUT2D eigenvalue weighted by Crippen LogP contribution is 2.39. The molecule has 1 heteroatoms. The quantitative estimate of drug-likeness (QED) is 0.653. The highest BCUT2D eigenvalue weighted by atomic mass is 16.3. The molecule has 0 aromatic heterocycles. The molecule has 0 amide bonds. The summed E-state index contributed by atoms with van der Waals surface area (Å²) < 4.78 is 0. The molecule has 0 fully saturated rings. The van der Waals surface area contributed by atoms with Gasteiger partial charge in [-0.1, -0.05) is 42.5 Å². The molecule has 1 nitrogen and oxygen atoms in total. The third kappa shape index (κ3) is 1.29. The first-order valence-corrected chi connectivity index (χ1v) is 5.65. The first kappa shape index (κ1) is 9.61. The van der Waals surface area contributed by atoms with Crippen molar-refractivity contribution in [1.29, 1.82) is 0 Å². The zero-order valence-electron chi connectivity index (χ0n) is 9.27. The molecule has 0 spiro atoms. The van der Waals surface area contributed by atoms with E-state index in [1.165, 1.54) is 22.3 Å². The van der Waals surface area contributed by atoms with Crippen molar-refractivity contribution >= 4 is 0 Å². The molecule has 1 N–H and O–H groups in total. The van der Waals surface area contributed by atoms with E-state index in [0.29, 0.717) is 0 Å². The second kappa shape index (κ2) is 3.46. The van der Waals surface area contributed by atoms with Gasteiger partial charge in [0, 0.05) is 0 Å². The molecule has 0 heterocycles. The Morgan fingerprint density at radius 1 is 1.00 bits per heavy atom. The molecule has 0 unspecified atom stereocenters. The van der Waals surface area contributed by atoms with Crippen molar-refractivity contribution < 1.29 is 5.11 Å². The van der Waals surface area contributed by atoms with E-state index in [2.05, 4.69) is 30.3 Å². The fraction of sp³-hybridized carbons (Fsp3) is 0.200. The molecule has 16 heavy (non-hydrogen) atoms. The Balaban J connectivity index is 2.24. The smallest absolute Gasteiger partial charge is 0.0764 e. The minimum Gasteiger partial charge on any atom is -0.389 e. The summed E-state index contributed by atoms with van der Waals surface area (Å²) in [5, 5.41) is 9.77. The minimum absolute atomic E-state index is 0.385. The first-order valence-electron chi connectivity index (χ1n) is 5.65. The van der Waals surface area contributed by atoms with Gasteiger partial charge in [0.2, 0.25) is 0 Å². The number of aliphatic hydroxyl groups excluding tert-OH is 1. The Morgan fingerprint density at radius 3 is 2.56 bits per heavy atom. The lowest BCUT2D eigenvalue weighted by Gasteiger charge is -2.10. The summed E-state index contributed by atoms with van der Waals surface area (Å²) >= 11 is 0. The van der Waals surface area contributed by atoms with Gasteiger partial charge in [-0.25, -0.2) is 0 Å². The van der Waals surface area contributed by atoms with Crippen LogP contribution in [0.5, 0.6) is 0 Å². The lowest BCUT2D eigenvalue weighted by Crippen LogP contribution is -1.96. The molecule has 0 saturated carbocycles. The summed E-state index contributed by atoms with van der Waals surface area (Å²) in [6, 6.07) is 14.7. The Hall–Kier alpha value is -1.60. The number of benzene rings is 2. The number of rotatable bonds is 1. The molecule has 80 valence electrons. The van der Waals surface area contributed by atoms with Gasteiger partial charge < -0.3 is 5.11 Å². The van der Waals surface area contributed by atoms with Crippen molar-refractivity contribution in [2.75, 3.05) is 0 Å². The van der Waals surface area contributed by atoms with Crippen LogP contribution in [0.1, 0.15) is 29.7 Å². The number of fused-ring (bicyclic) bond motifs is 3. The van der Waals surface area contributed by atoms with Gasteiger partial charge >= 0.3 is 0 Å². The van der Waals surface area contributed by atoms with Crippen molar-refractivity contribution in [1.82, 2.24) is 0 Å². The standard InChI is InChI=1S/C15H14O/c1-10(16)12-7-4-8-14-13-6-3-2-5-11(13)9-15(12)14/h2-8,10,16H,9H2,1H3/t10-/m1/s1. The molecule has 0 bridgehead atoms. The molecule has 3 rings (SSSR count). The van der Waals surface area contributed by atoms with Crippen LogP contribution in [0, 0.1) is 0 Å². The Labute approximate surface area is 95.4 Å². The Morgan fingerprint density at radius 2 is 1.75 bits per heavy atom. The third-order valence-corrected chi connectivity index (χ3v) is 3.34. The zero-order chi connectivity index (χ0) is 11.1. The maximum absolute atomic E-state index is 9.77. The Bertz CT molecular complexity index is 541. The van der Waals surface area contributed by atoms with E-state index in [0.717, 1.165) is 12.0 Å². The largest absolute Gasteiger partial charge is 0.389 e. The van der Waals surface area contributed by atoms with Crippen LogP contribution >= 0.6 is 0 Å². The van der Waals surface area contributed by atoms with Gasteiger partial charge in [-0.05, 0) is 41.2 Å². The number of hydrogen-bond donors (Lipinski definition) is 1. The van der Waals surface area contributed by atoms with E-state index in [4.69, 9.17) is 0 Å². The third-order valence-electron chi connectivity index (χ3n) is 3.34. The van der Waals surface area contributed by atoms with Crippen LogP contribution in [-0.4, -0.2) is 5.11 Å². The summed E-state index contributed by atoms with van der Waals surface area (Å²) in [4.78, 5) is 0. The van der Waals surface area contributed by atoms with Crippen LogP contribution in [0.2, 0.25) is 0 Å². The number of hydrogen-bond acceptors (Lipinski definition) is 1. The molecular formula is C15H14O. The topological polar surface area (TPSA) is 20.2 Å². The van der Waals surface area contributed by atoms with Gasteiger partial charge in [0.05, 0.1) is 6.10 Å². The summed E-state index contributed by atoms with van der Waals surface area (Å²) in [6.07, 6.45) is 0.566. The van der Waals surface area contributed by atoms with Crippen LogP contribution in [0.3, 0.4) is 0 Å². The molecule has 2 aromatic rings. The number of aliphatic hydroxyl groups is 1. The van der Waals surface area contributed by atoms with Gasteiger partial charge in [-0.3, -0.25) is 0 Å². The SMILES string of the molecule is C[C@@H](O)c1cccc2c1Cc1ccccc1-2. The minimum atomic E-state index is -0.385. The second-order valence-electron chi connectivity index (χ2n) is 4.38. The first-order chi connectivity index (χ1) is 7.77. The maximum Gasteiger partial charge on any atom is 0.0764 e. The molecule has 1 atom stereocenters. The van der Waals surface area contributed by atoms with Crippen molar-refractivity contribution in [2.24, 2.45) is 0 Å². The predicted octanol–water partition coefficient (Wildman–Crippen LogP) is 3.31. The van der Waals surface area contributed by atoms with E-state index in [1.807, 2.05) is 19.1 Å². The second-order valence-corrected chi connectivity index (χ2v) is 4.38. The lowest BCUT2D eigenvalue weighted by atomic mass is 9.98. The summed E-state index contributed by atoms with van der Waals surface area (Å²) in [7, 11) is 0. The highest BCUT2D eigenvalue weighted by Gasteiger charge is 2.21. The normalized spacial score (nSPS) is 14.4. The van der Waals surface area contributed by atoms with Gasteiger partial charge in [0.1, 0.15) is 0 Å². The van der Waals surface area contributed by atoms with Gasteiger partial charge in [-0.2, -0.15) is 0 Å². The van der Waals surface area contributed by atoms with Crippen molar-refractivity contribution in [3.63, 3.8) is 0 Å². The molecule has 0 aliphatic heterocycles. The molecule has 2 aromatic carbocycles. The van der Waals surface area contributed by atoms with E-state index in [1.54, 1.807) is 0 Å². The van der Waals surface area contributed by atoms with Crippen LogP contribution in [-0.2, 0) is 6.42 Å². The van der Waals surface area contributed by atoms with Crippen molar-refractivity contribution in [3.05, 3.63) is 59.2 Å². The van der Waals surface area contributed by atoms with Crippen molar-refractivity contribution in [2.45, 2.75) is 19.4 Å². The van der Waals surface area contributed by atoms with Crippen LogP contribution in [0.15, 0.2) is 42.5 Å². The summed E-state index contributed by atoms with van der Waals surface area (Å²) in [5.74, 6) is 0. The van der Waals surface area contributed by atoms with E-state index in [9.17, 15) is 5.11 Å². The Kier molecular flexibility index (Phi) is 2.08. The van der Waals surface area contributed by atoms with Crippen molar-refractivity contribution in [3.8, 4) is 11.1 Å². The molecular weight excluding hydrogens is 196 g/mol. The van der Waals surface area contributed by atoms with Gasteiger partial charge in [-0.15, -0.1) is 0 Å². The van der Waals surface area contributed by atoms with Crippen LogP contribution < -0.4 is 0 Å². The molecule has 1 aliphatic rings. The fourth-order valence-corrected chi connectivity index (χ4v) is 2.57. The molecule has 0 saturated heterocycles. The fourth-order valence-electron chi connectivity index (χ4n) is 2.57. The highest BCUT2D eigenvalue weighted by molar-refractivity contribution is 5.77. The van der Waals surface area contributed by atoms with E-state index in [-0.39, 0.29) is 6.10 Å². The molecule has 0 radical (unpaired) electrons. The summed E-state index contributed by atoms with van der Waals surface area (Å²) in [6.45, 7) is 1.83. The maximum atomic E-state index is 9.77. The zero-order valence-corrected chi connectivity index (χ0v) is 9.27. The van der Waals surface area contributed by atoms with Crippen LogP contribution in [0.25, 0.3) is 11.1 Å².